The summed E-state index contributed by atoms with van der Waals surface area (Å²) < 4.78 is 40.7. The molecule has 140 valence electrons. The van der Waals surface area contributed by atoms with Gasteiger partial charge in [-0.05, 0) is 52.1 Å². The van der Waals surface area contributed by atoms with E-state index in [2.05, 4.69) is 10.2 Å². The quantitative estimate of drug-likeness (QED) is 0.872. The third-order valence-electron chi connectivity index (χ3n) is 4.21. The zero-order valence-electron chi connectivity index (χ0n) is 14.8. The standard InChI is InChI=1S/C17H25F3N4O/c1-16(2,21)15(25)22-12-5-6-14(13(11-12)17(18,19)20)24-8-4-7-23(3)9-10-24/h5-6,11H,4,7-10,21H2,1-3H3,(H,22,25). The van der Waals surface area contributed by atoms with Crippen LogP contribution in [0.5, 0.6) is 0 Å². The van der Waals surface area contributed by atoms with E-state index in [0.29, 0.717) is 19.6 Å². The number of carbonyl (C=O) groups is 1. The number of nitrogens with one attached hydrogen (secondary N) is 1. The molecule has 1 fully saturated rings. The van der Waals surface area contributed by atoms with Crippen molar-refractivity contribution in [2.75, 3.05) is 43.4 Å². The average molecular weight is 358 g/mol. The summed E-state index contributed by atoms with van der Waals surface area (Å²) in [7, 11) is 1.96. The second kappa shape index (κ2) is 7.21. The Balaban J connectivity index is 2.33. The monoisotopic (exact) mass is 358 g/mol. The van der Waals surface area contributed by atoms with Gasteiger partial charge in [-0.2, -0.15) is 13.2 Å². The molecule has 8 heteroatoms. The Morgan fingerprint density at radius 3 is 2.44 bits per heavy atom. The number of hydrogen-bond acceptors (Lipinski definition) is 4. The smallest absolute Gasteiger partial charge is 0.370 e. The maximum Gasteiger partial charge on any atom is 0.418 e. The van der Waals surface area contributed by atoms with Crippen molar-refractivity contribution in [3.8, 4) is 0 Å². The molecule has 1 aromatic rings. The highest BCUT2D eigenvalue weighted by Crippen LogP contribution is 2.38. The number of likely N-dealkylation sites (N-methyl/N-ethyl adjacent to an activating group) is 1. The summed E-state index contributed by atoms with van der Waals surface area (Å²) in [5.74, 6) is -0.537. The Bertz CT molecular complexity index is 625. The van der Waals surface area contributed by atoms with Gasteiger partial charge in [0.15, 0.2) is 0 Å². The second-order valence-electron chi connectivity index (χ2n) is 7.05. The number of nitrogens with zero attached hydrogens (tertiary/aromatic N) is 2. The molecular formula is C17H25F3N4O. The molecule has 0 radical (unpaired) electrons. The van der Waals surface area contributed by atoms with Gasteiger partial charge in [-0.25, -0.2) is 0 Å². The lowest BCUT2D eigenvalue weighted by atomic mass is 10.1. The number of anilines is 2. The Morgan fingerprint density at radius 1 is 1.16 bits per heavy atom. The van der Waals surface area contributed by atoms with Crippen molar-refractivity contribution in [2.24, 2.45) is 5.73 Å². The van der Waals surface area contributed by atoms with Gasteiger partial charge >= 0.3 is 6.18 Å². The summed E-state index contributed by atoms with van der Waals surface area (Å²) in [6.07, 6.45) is -3.71. The normalized spacial score (nSPS) is 17.3. The molecule has 1 aliphatic rings. The Labute approximate surface area is 146 Å². The van der Waals surface area contributed by atoms with Crippen LogP contribution in [0, 0.1) is 0 Å². The molecule has 1 heterocycles. The predicted molar refractivity (Wildman–Crippen MR) is 92.7 cm³/mol. The molecule has 2 rings (SSSR count). The summed E-state index contributed by atoms with van der Waals surface area (Å²) in [4.78, 5) is 15.8. The molecule has 0 aromatic heterocycles. The van der Waals surface area contributed by atoms with Crippen LogP contribution < -0.4 is 16.0 Å². The molecule has 0 atom stereocenters. The van der Waals surface area contributed by atoms with Gasteiger partial charge in [-0.15, -0.1) is 0 Å². The molecule has 3 N–H and O–H groups in total. The third kappa shape index (κ3) is 5.09. The molecule has 25 heavy (non-hydrogen) atoms. The van der Waals surface area contributed by atoms with Crippen molar-refractivity contribution in [3.63, 3.8) is 0 Å². The van der Waals surface area contributed by atoms with Crippen molar-refractivity contribution in [1.29, 1.82) is 0 Å². The molecule has 0 unspecified atom stereocenters. The molecule has 0 aliphatic carbocycles. The highest BCUT2D eigenvalue weighted by Gasteiger charge is 2.36. The van der Waals surface area contributed by atoms with Crippen LogP contribution in [0.2, 0.25) is 0 Å². The minimum Gasteiger partial charge on any atom is -0.370 e. The van der Waals surface area contributed by atoms with Crippen molar-refractivity contribution in [1.82, 2.24) is 4.90 Å². The van der Waals surface area contributed by atoms with E-state index < -0.39 is 23.2 Å². The van der Waals surface area contributed by atoms with Crippen molar-refractivity contribution in [2.45, 2.75) is 32.0 Å². The SMILES string of the molecule is CN1CCCN(c2ccc(NC(=O)C(C)(C)N)cc2C(F)(F)F)CC1. The molecule has 1 amide bonds. The summed E-state index contributed by atoms with van der Waals surface area (Å²) >= 11 is 0. The Hall–Kier alpha value is -1.80. The minimum atomic E-state index is -4.51. The summed E-state index contributed by atoms with van der Waals surface area (Å²) in [5, 5.41) is 2.45. The summed E-state index contributed by atoms with van der Waals surface area (Å²) in [6, 6.07) is 3.89. The van der Waals surface area contributed by atoms with Crippen molar-refractivity contribution in [3.05, 3.63) is 23.8 Å². The molecule has 0 saturated carbocycles. The fraction of sp³-hybridized carbons (Fsp3) is 0.588. The van der Waals surface area contributed by atoms with E-state index >= 15 is 0 Å². The van der Waals surface area contributed by atoms with E-state index in [0.717, 1.165) is 19.0 Å². The first-order chi connectivity index (χ1) is 11.5. The van der Waals surface area contributed by atoms with E-state index in [9.17, 15) is 18.0 Å². The maximum absolute atomic E-state index is 13.6. The van der Waals surface area contributed by atoms with Gasteiger partial charge in [0.25, 0.3) is 0 Å². The number of rotatable bonds is 3. The van der Waals surface area contributed by atoms with Crippen LogP contribution >= 0.6 is 0 Å². The molecular weight excluding hydrogens is 333 g/mol. The Kier molecular flexibility index (Phi) is 5.63. The number of halogens is 3. The minimum absolute atomic E-state index is 0.0894. The zero-order valence-corrected chi connectivity index (χ0v) is 14.8. The summed E-state index contributed by atoms with van der Waals surface area (Å²) in [5.41, 5.74) is 4.00. The fourth-order valence-electron chi connectivity index (χ4n) is 2.70. The first kappa shape index (κ1) is 19.5. The van der Waals surface area contributed by atoms with Gasteiger partial charge in [0.05, 0.1) is 11.1 Å². The molecule has 5 nitrogen and oxygen atoms in total. The largest absolute Gasteiger partial charge is 0.418 e. The highest BCUT2D eigenvalue weighted by atomic mass is 19.4. The van der Waals surface area contributed by atoms with Crippen molar-refractivity contribution >= 4 is 17.3 Å². The predicted octanol–water partition coefficient (Wildman–Crippen LogP) is 2.52. The number of carbonyl (C=O) groups excluding carboxylic acids is 1. The first-order valence-electron chi connectivity index (χ1n) is 8.23. The zero-order chi connectivity index (χ0) is 18.8. The Morgan fingerprint density at radius 2 is 1.84 bits per heavy atom. The van der Waals surface area contributed by atoms with Gasteiger partial charge in [-0.3, -0.25) is 4.79 Å². The van der Waals surface area contributed by atoms with Crippen LogP contribution in [-0.2, 0) is 11.0 Å². The van der Waals surface area contributed by atoms with E-state index in [-0.39, 0.29) is 11.4 Å². The van der Waals surface area contributed by atoms with E-state index in [1.807, 2.05) is 7.05 Å². The average Bonchev–Trinajstić information content (AvgIpc) is 2.70. The van der Waals surface area contributed by atoms with Crippen LogP contribution in [-0.4, -0.2) is 49.6 Å². The summed E-state index contributed by atoms with van der Waals surface area (Å²) in [6.45, 7) is 5.65. The highest BCUT2D eigenvalue weighted by molar-refractivity contribution is 5.97. The molecule has 0 spiro atoms. The van der Waals surface area contributed by atoms with Crippen LogP contribution in [0.4, 0.5) is 24.5 Å². The van der Waals surface area contributed by atoms with Crippen LogP contribution in [0.25, 0.3) is 0 Å². The van der Waals surface area contributed by atoms with Crippen molar-refractivity contribution < 1.29 is 18.0 Å². The number of alkyl halides is 3. The van der Waals surface area contributed by atoms with Gasteiger partial charge in [-0.1, -0.05) is 0 Å². The fourth-order valence-corrected chi connectivity index (χ4v) is 2.70. The van der Waals surface area contributed by atoms with Gasteiger partial charge < -0.3 is 20.9 Å². The topological polar surface area (TPSA) is 61.6 Å². The molecule has 1 aliphatic heterocycles. The van der Waals surface area contributed by atoms with Gasteiger partial charge in [0.1, 0.15) is 0 Å². The number of benzene rings is 1. The van der Waals surface area contributed by atoms with Gasteiger partial charge in [0.2, 0.25) is 5.91 Å². The lowest BCUT2D eigenvalue weighted by Gasteiger charge is -2.27. The third-order valence-corrected chi connectivity index (χ3v) is 4.21. The van der Waals surface area contributed by atoms with Crippen LogP contribution in [0.3, 0.4) is 0 Å². The van der Waals surface area contributed by atoms with E-state index in [1.165, 1.54) is 26.0 Å². The number of nitrogens with two attached hydrogens (primary N) is 1. The van der Waals surface area contributed by atoms with Crippen LogP contribution in [0.15, 0.2) is 18.2 Å². The number of hydrogen-bond donors (Lipinski definition) is 2. The molecule has 1 aromatic carbocycles. The number of amides is 1. The van der Waals surface area contributed by atoms with E-state index in [1.54, 1.807) is 4.90 Å². The second-order valence-corrected chi connectivity index (χ2v) is 7.05. The lowest BCUT2D eigenvalue weighted by molar-refractivity contribution is -0.137. The lowest BCUT2D eigenvalue weighted by Crippen LogP contribution is -2.45. The van der Waals surface area contributed by atoms with E-state index in [4.69, 9.17) is 5.73 Å². The van der Waals surface area contributed by atoms with Gasteiger partial charge in [0, 0.05) is 31.0 Å². The maximum atomic E-state index is 13.6. The molecule has 0 bridgehead atoms. The first-order valence-corrected chi connectivity index (χ1v) is 8.23. The molecule has 1 saturated heterocycles. The van der Waals surface area contributed by atoms with Crippen LogP contribution in [0.1, 0.15) is 25.8 Å².